The van der Waals surface area contributed by atoms with Crippen LogP contribution in [-0.2, 0) is 19.5 Å². The first-order valence-electron chi connectivity index (χ1n) is 7.42. The van der Waals surface area contributed by atoms with E-state index in [0.717, 1.165) is 25.3 Å². The van der Waals surface area contributed by atoms with Gasteiger partial charge in [-0.25, -0.2) is 4.98 Å². The summed E-state index contributed by atoms with van der Waals surface area (Å²) in [5.41, 5.74) is 4.05. The van der Waals surface area contributed by atoms with Crippen molar-refractivity contribution >= 4 is 0 Å². The Morgan fingerprint density at radius 1 is 1.30 bits per heavy atom. The van der Waals surface area contributed by atoms with E-state index in [1.807, 2.05) is 6.20 Å². The van der Waals surface area contributed by atoms with Gasteiger partial charge in [0.2, 0.25) is 0 Å². The average molecular weight is 271 g/mol. The van der Waals surface area contributed by atoms with Crippen molar-refractivity contribution in [3.05, 3.63) is 53.1 Å². The molecule has 0 bridgehead atoms. The van der Waals surface area contributed by atoms with E-state index in [4.69, 9.17) is 0 Å². The maximum absolute atomic E-state index is 4.47. The zero-order valence-electron chi connectivity index (χ0n) is 13.0. The molecule has 1 aromatic heterocycles. The van der Waals surface area contributed by atoms with Crippen LogP contribution in [0.15, 0.2) is 30.6 Å². The van der Waals surface area contributed by atoms with Crippen LogP contribution >= 0.6 is 0 Å². The Bertz CT molecular complexity index is 555. The minimum absolute atomic E-state index is 0.513. The minimum atomic E-state index is 0.513. The quantitative estimate of drug-likeness (QED) is 0.873. The van der Waals surface area contributed by atoms with Crippen LogP contribution in [0.5, 0.6) is 0 Å². The van der Waals surface area contributed by atoms with Crippen molar-refractivity contribution in [3.8, 4) is 0 Å². The summed E-state index contributed by atoms with van der Waals surface area (Å²) >= 11 is 0. The summed E-state index contributed by atoms with van der Waals surface area (Å²) in [5, 5.41) is 3.47. The molecular weight excluding hydrogens is 246 g/mol. The van der Waals surface area contributed by atoms with E-state index in [-0.39, 0.29) is 0 Å². The van der Waals surface area contributed by atoms with E-state index >= 15 is 0 Å². The third kappa shape index (κ3) is 3.70. The van der Waals surface area contributed by atoms with Crippen molar-refractivity contribution in [1.82, 2.24) is 14.9 Å². The highest BCUT2D eigenvalue weighted by Crippen LogP contribution is 2.15. The molecule has 3 heteroatoms. The van der Waals surface area contributed by atoms with Crippen LogP contribution in [0, 0.1) is 6.92 Å². The molecule has 0 radical (unpaired) electrons. The number of aromatic nitrogens is 2. The van der Waals surface area contributed by atoms with Gasteiger partial charge in [-0.2, -0.15) is 0 Å². The van der Waals surface area contributed by atoms with Gasteiger partial charge in [0, 0.05) is 37.9 Å². The number of hydrogen-bond donors (Lipinski definition) is 1. The van der Waals surface area contributed by atoms with Crippen LogP contribution in [0.2, 0.25) is 0 Å². The molecule has 3 nitrogen and oxygen atoms in total. The zero-order valence-corrected chi connectivity index (χ0v) is 13.0. The third-order valence-electron chi connectivity index (χ3n) is 3.62. The molecule has 0 spiro atoms. The lowest BCUT2D eigenvalue weighted by molar-refractivity contribution is 0.588. The van der Waals surface area contributed by atoms with Gasteiger partial charge in [-0.1, -0.05) is 32.0 Å². The molecule has 0 unspecified atom stereocenters. The zero-order chi connectivity index (χ0) is 14.5. The van der Waals surface area contributed by atoms with Gasteiger partial charge >= 0.3 is 0 Å². The highest BCUT2D eigenvalue weighted by Gasteiger charge is 2.07. The molecule has 0 saturated heterocycles. The highest BCUT2D eigenvalue weighted by molar-refractivity contribution is 5.33. The second kappa shape index (κ2) is 6.71. The largest absolute Gasteiger partial charge is 0.335 e. The van der Waals surface area contributed by atoms with E-state index in [1.165, 1.54) is 16.7 Å². The number of imidazole rings is 1. The molecule has 2 rings (SSSR count). The fraction of sp³-hybridized carbons (Fsp3) is 0.471. The fourth-order valence-electron chi connectivity index (χ4n) is 2.31. The first-order chi connectivity index (χ1) is 9.60. The van der Waals surface area contributed by atoms with Gasteiger partial charge in [-0.05, 0) is 30.5 Å². The molecule has 0 fully saturated rings. The van der Waals surface area contributed by atoms with Crippen molar-refractivity contribution < 1.29 is 0 Å². The van der Waals surface area contributed by atoms with Gasteiger partial charge in [-0.3, -0.25) is 0 Å². The van der Waals surface area contributed by atoms with Crippen LogP contribution in [0.4, 0.5) is 0 Å². The predicted octanol–water partition coefficient (Wildman–Crippen LogP) is 3.30. The summed E-state index contributed by atoms with van der Waals surface area (Å²) < 4.78 is 2.21. The number of rotatable bonds is 6. The van der Waals surface area contributed by atoms with Crippen molar-refractivity contribution in [2.75, 3.05) is 0 Å². The lowest BCUT2D eigenvalue weighted by Crippen LogP contribution is -2.21. The van der Waals surface area contributed by atoms with E-state index in [0.29, 0.717) is 6.04 Å². The van der Waals surface area contributed by atoms with Crippen molar-refractivity contribution in [3.63, 3.8) is 0 Å². The summed E-state index contributed by atoms with van der Waals surface area (Å²) in [7, 11) is 0. The molecule has 0 aliphatic rings. The van der Waals surface area contributed by atoms with Crippen LogP contribution < -0.4 is 5.32 Å². The van der Waals surface area contributed by atoms with Gasteiger partial charge in [0.05, 0.1) is 0 Å². The van der Waals surface area contributed by atoms with E-state index < -0.39 is 0 Å². The molecule has 0 saturated carbocycles. The van der Waals surface area contributed by atoms with Crippen LogP contribution in [0.3, 0.4) is 0 Å². The maximum atomic E-state index is 4.47. The topological polar surface area (TPSA) is 29.9 Å². The molecule has 0 aliphatic heterocycles. The monoisotopic (exact) mass is 271 g/mol. The molecular formula is C17H25N3. The molecule has 20 heavy (non-hydrogen) atoms. The smallest absolute Gasteiger partial charge is 0.113 e. The fourth-order valence-corrected chi connectivity index (χ4v) is 2.31. The number of nitrogens with one attached hydrogen (secondary N) is 1. The second-order valence-corrected chi connectivity index (χ2v) is 5.60. The summed E-state index contributed by atoms with van der Waals surface area (Å²) in [6.45, 7) is 10.6. The van der Waals surface area contributed by atoms with Crippen molar-refractivity contribution in [2.24, 2.45) is 0 Å². The van der Waals surface area contributed by atoms with Gasteiger partial charge in [0.15, 0.2) is 0 Å². The standard InChI is InChI=1S/C17H25N3/c1-5-20-9-8-18-17(20)11-16-10-15(7-6-14(16)4)12-19-13(2)3/h6-10,13,19H,5,11-12H2,1-4H3. The Kier molecular flexibility index (Phi) is 4.96. The lowest BCUT2D eigenvalue weighted by Gasteiger charge is -2.12. The Hall–Kier alpha value is -1.61. The number of benzene rings is 1. The number of aryl methyl sites for hydroxylation is 2. The predicted molar refractivity (Wildman–Crippen MR) is 83.9 cm³/mol. The first kappa shape index (κ1) is 14.8. The molecule has 2 aromatic rings. The Labute approximate surface area is 122 Å². The summed E-state index contributed by atoms with van der Waals surface area (Å²) in [5.74, 6) is 1.14. The van der Waals surface area contributed by atoms with Gasteiger partial charge < -0.3 is 9.88 Å². The number of hydrogen-bond acceptors (Lipinski definition) is 2. The second-order valence-electron chi connectivity index (χ2n) is 5.60. The first-order valence-corrected chi connectivity index (χ1v) is 7.42. The summed E-state index contributed by atoms with van der Waals surface area (Å²) in [4.78, 5) is 4.47. The van der Waals surface area contributed by atoms with E-state index in [9.17, 15) is 0 Å². The van der Waals surface area contributed by atoms with Crippen LogP contribution in [0.1, 0.15) is 43.3 Å². The number of nitrogens with zero attached hydrogens (tertiary/aromatic N) is 2. The minimum Gasteiger partial charge on any atom is -0.335 e. The normalized spacial score (nSPS) is 11.2. The molecule has 108 valence electrons. The van der Waals surface area contributed by atoms with Crippen molar-refractivity contribution in [2.45, 2.75) is 53.2 Å². The summed E-state index contributed by atoms with van der Waals surface area (Å²) in [6.07, 6.45) is 4.84. The van der Waals surface area contributed by atoms with Crippen LogP contribution in [0.25, 0.3) is 0 Å². The molecule has 1 heterocycles. The SMILES string of the molecule is CCn1ccnc1Cc1cc(CNC(C)C)ccc1C. The van der Waals surface area contributed by atoms with E-state index in [1.54, 1.807) is 0 Å². The average Bonchev–Trinajstić information content (AvgIpc) is 2.86. The molecule has 0 amide bonds. The Balaban J connectivity index is 2.16. The molecule has 1 aromatic carbocycles. The molecule has 1 N–H and O–H groups in total. The highest BCUT2D eigenvalue weighted by atomic mass is 15.0. The van der Waals surface area contributed by atoms with Crippen molar-refractivity contribution in [1.29, 1.82) is 0 Å². The van der Waals surface area contributed by atoms with Crippen LogP contribution in [-0.4, -0.2) is 15.6 Å². The van der Waals surface area contributed by atoms with Gasteiger partial charge in [0.1, 0.15) is 5.82 Å². The lowest BCUT2D eigenvalue weighted by atomic mass is 10.0. The summed E-state index contributed by atoms with van der Waals surface area (Å²) in [6, 6.07) is 7.24. The van der Waals surface area contributed by atoms with Gasteiger partial charge in [0.25, 0.3) is 0 Å². The Morgan fingerprint density at radius 3 is 2.80 bits per heavy atom. The molecule has 0 atom stereocenters. The molecule has 0 aliphatic carbocycles. The Morgan fingerprint density at radius 2 is 2.10 bits per heavy atom. The maximum Gasteiger partial charge on any atom is 0.113 e. The van der Waals surface area contributed by atoms with E-state index in [2.05, 4.69) is 67.0 Å². The third-order valence-corrected chi connectivity index (χ3v) is 3.62. The van der Waals surface area contributed by atoms with Gasteiger partial charge in [-0.15, -0.1) is 0 Å².